The van der Waals surface area contributed by atoms with Crippen LogP contribution in [0.15, 0.2) is 39.9 Å². The zero-order valence-corrected chi connectivity index (χ0v) is 19.9. The topological polar surface area (TPSA) is 65.7 Å². The molecule has 7 heteroatoms. The fraction of sp³-hybridized carbons (Fsp3) is 0.545. The first-order chi connectivity index (χ1) is 13.7. The molecule has 2 N–H and O–H groups in total. The van der Waals surface area contributed by atoms with Crippen molar-refractivity contribution in [3.05, 3.63) is 41.8 Å². The summed E-state index contributed by atoms with van der Waals surface area (Å²) in [4.78, 5) is 11.5. The van der Waals surface area contributed by atoms with Gasteiger partial charge in [0.2, 0.25) is 5.89 Å². The molecule has 0 unspecified atom stereocenters. The molecule has 1 fully saturated rings. The maximum Gasteiger partial charge on any atom is 0.226 e. The Kier molecular flexibility index (Phi) is 10.5. The van der Waals surface area contributed by atoms with Gasteiger partial charge in [0.05, 0.1) is 12.2 Å². The van der Waals surface area contributed by atoms with E-state index in [9.17, 15) is 0 Å². The highest BCUT2D eigenvalue weighted by atomic mass is 127. The second kappa shape index (κ2) is 12.8. The van der Waals surface area contributed by atoms with Gasteiger partial charge in [-0.3, -0.25) is 4.99 Å². The number of benzene rings is 1. The van der Waals surface area contributed by atoms with Crippen LogP contribution in [-0.4, -0.2) is 49.1 Å². The van der Waals surface area contributed by atoms with Crippen LogP contribution in [0.1, 0.15) is 43.4 Å². The van der Waals surface area contributed by atoms with Crippen LogP contribution in [0.4, 0.5) is 0 Å². The standard InChI is InChI=1S/C22H33N5O.HI/c1-18-8-10-19(11-9-18)21-26-20(17-28-21)16-25-22(23-2)24-12-7-15-27-13-5-3-4-6-14-27;/h8-11,17H,3-7,12-16H2,1-2H3,(H2,23,24,25);1H. The molecule has 6 nitrogen and oxygen atoms in total. The second-order valence-corrected chi connectivity index (χ2v) is 7.47. The zero-order valence-electron chi connectivity index (χ0n) is 17.6. The van der Waals surface area contributed by atoms with E-state index in [1.54, 1.807) is 13.3 Å². The minimum Gasteiger partial charge on any atom is -0.444 e. The average Bonchev–Trinajstić information content (AvgIpc) is 3.03. The molecule has 3 rings (SSSR count). The first-order valence-corrected chi connectivity index (χ1v) is 10.4. The second-order valence-electron chi connectivity index (χ2n) is 7.47. The minimum absolute atomic E-state index is 0. The largest absolute Gasteiger partial charge is 0.444 e. The van der Waals surface area contributed by atoms with E-state index in [1.807, 2.05) is 12.1 Å². The van der Waals surface area contributed by atoms with Crippen molar-refractivity contribution in [1.82, 2.24) is 20.5 Å². The Morgan fingerprint density at radius 3 is 2.52 bits per heavy atom. The summed E-state index contributed by atoms with van der Waals surface area (Å²) >= 11 is 0. The van der Waals surface area contributed by atoms with Gasteiger partial charge in [-0.05, 0) is 58.0 Å². The predicted molar refractivity (Wildman–Crippen MR) is 130 cm³/mol. The van der Waals surface area contributed by atoms with Crippen molar-refractivity contribution >= 4 is 29.9 Å². The smallest absolute Gasteiger partial charge is 0.226 e. The lowest BCUT2D eigenvalue weighted by Crippen LogP contribution is -2.38. The summed E-state index contributed by atoms with van der Waals surface area (Å²) in [6, 6.07) is 8.19. The van der Waals surface area contributed by atoms with Crippen LogP contribution in [0.3, 0.4) is 0 Å². The first kappa shape index (κ1) is 23.7. The third-order valence-electron chi connectivity index (χ3n) is 5.15. The monoisotopic (exact) mass is 511 g/mol. The summed E-state index contributed by atoms with van der Waals surface area (Å²) in [5, 5.41) is 6.70. The number of halogens is 1. The molecule has 0 atom stereocenters. The van der Waals surface area contributed by atoms with Gasteiger partial charge in [-0.2, -0.15) is 0 Å². The Morgan fingerprint density at radius 1 is 1.10 bits per heavy atom. The Balaban J connectivity index is 0.00000300. The lowest BCUT2D eigenvalue weighted by atomic mass is 10.1. The Bertz CT molecular complexity index is 736. The van der Waals surface area contributed by atoms with Gasteiger partial charge in [-0.15, -0.1) is 24.0 Å². The maximum atomic E-state index is 5.62. The molecule has 0 radical (unpaired) electrons. The summed E-state index contributed by atoms with van der Waals surface area (Å²) in [7, 11) is 1.80. The molecule has 0 saturated carbocycles. The van der Waals surface area contributed by atoms with E-state index >= 15 is 0 Å². The Labute approximate surface area is 191 Å². The van der Waals surface area contributed by atoms with Crippen LogP contribution < -0.4 is 10.6 Å². The van der Waals surface area contributed by atoms with Crippen LogP contribution >= 0.6 is 24.0 Å². The number of guanidine groups is 1. The molecule has 0 spiro atoms. The number of nitrogens with one attached hydrogen (secondary N) is 2. The summed E-state index contributed by atoms with van der Waals surface area (Å²) in [6.45, 7) is 7.24. The van der Waals surface area contributed by atoms with E-state index in [0.717, 1.165) is 36.7 Å². The molecule has 1 aliphatic rings. The van der Waals surface area contributed by atoms with Crippen LogP contribution in [0, 0.1) is 6.92 Å². The van der Waals surface area contributed by atoms with Crippen LogP contribution in [0.2, 0.25) is 0 Å². The highest BCUT2D eigenvalue weighted by Crippen LogP contribution is 2.19. The molecular weight excluding hydrogens is 477 g/mol. The third kappa shape index (κ3) is 7.97. The highest BCUT2D eigenvalue weighted by molar-refractivity contribution is 14.0. The van der Waals surface area contributed by atoms with E-state index in [2.05, 4.69) is 44.6 Å². The van der Waals surface area contributed by atoms with Crippen molar-refractivity contribution < 1.29 is 4.42 Å². The van der Waals surface area contributed by atoms with Crippen molar-refractivity contribution in [3.8, 4) is 11.5 Å². The number of likely N-dealkylation sites (tertiary alicyclic amines) is 1. The number of oxazole rings is 1. The van der Waals surface area contributed by atoms with Gasteiger partial charge in [0, 0.05) is 19.2 Å². The molecular formula is C22H34IN5O. The normalized spacial score (nSPS) is 15.4. The van der Waals surface area contributed by atoms with Crippen molar-refractivity contribution in [2.45, 2.75) is 45.6 Å². The van der Waals surface area contributed by atoms with Crippen LogP contribution in [0.25, 0.3) is 11.5 Å². The molecule has 1 aromatic heterocycles. The van der Waals surface area contributed by atoms with Crippen molar-refractivity contribution in [2.24, 2.45) is 4.99 Å². The number of nitrogens with zero attached hydrogens (tertiary/aromatic N) is 3. The summed E-state index contributed by atoms with van der Waals surface area (Å²) in [5.41, 5.74) is 3.08. The first-order valence-electron chi connectivity index (χ1n) is 10.4. The van der Waals surface area contributed by atoms with E-state index < -0.39 is 0 Å². The van der Waals surface area contributed by atoms with Gasteiger partial charge >= 0.3 is 0 Å². The molecule has 29 heavy (non-hydrogen) atoms. The Hall–Kier alpha value is -1.61. The Morgan fingerprint density at radius 2 is 1.83 bits per heavy atom. The summed E-state index contributed by atoms with van der Waals surface area (Å²) in [5.74, 6) is 1.45. The quantitative estimate of drug-likeness (QED) is 0.253. The lowest BCUT2D eigenvalue weighted by molar-refractivity contribution is 0.282. The van der Waals surface area contributed by atoms with Gasteiger partial charge in [-0.1, -0.05) is 30.5 Å². The van der Waals surface area contributed by atoms with Crippen molar-refractivity contribution in [3.63, 3.8) is 0 Å². The number of aliphatic imine (C=N–C) groups is 1. The van der Waals surface area contributed by atoms with Crippen LogP contribution in [0.5, 0.6) is 0 Å². The van der Waals surface area contributed by atoms with Gasteiger partial charge in [0.15, 0.2) is 5.96 Å². The summed E-state index contributed by atoms with van der Waals surface area (Å²) in [6.07, 6.45) is 8.30. The minimum atomic E-state index is 0. The fourth-order valence-corrected chi connectivity index (χ4v) is 3.48. The molecule has 2 heterocycles. The molecule has 160 valence electrons. The van der Waals surface area contributed by atoms with E-state index in [-0.39, 0.29) is 24.0 Å². The number of aryl methyl sites for hydroxylation is 1. The van der Waals surface area contributed by atoms with Gasteiger partial charge in [-0.25, -0.2) is 4.98 Å². The number of hydrogen-bond donors (Lipinski definition) is 2. The maximum absolute atomic E-state index is 5.62. The van der Waals surface area contributed by atoms with Gasteiger partial charge in [0.1, 0.15) is 6.26 Å². The van der Waals surface area contributed by atoms with E-state index in [4.69, 9.17) is 4.42 Å². The van der Waals surface area contributed by atoms with Crippen LogP contribution in [-0.2, 0) is 6.54 Å². The van der Waals surface area contributed by atoms with Gasteiger partial charge in [0.25, 0.3) is 0 Å². The fourth-order valence-electron chi connectivity index (χ4n) is 3.48. The third-order valence-corrected chi connectivity index (χ3v) is 5.15. The number of rotatable bonds is 7. The van der Waals surface area contributed by atoms with E-state index in [1.165, 1.54) is 44.3 Å². The number of aromatic nitrogens is 1. The predicted octanol–water partition coefficient (Wildman–Crippen LogP) is 4.20. The van der Waals surface area contributed by atoms with Crippen molar-refractivity contribution in [2.75, 3.05) is 33.2 Å². The van der Waals surface area contributed by atoms with Gasteiger partial charge < -0.3 is 20.0 Å². The zero-order chi connectivity index (χ0) is 19.6. The molecule has 1 aromatic carbocycles. The summed E-state index contributed by atoms with van der Waals surface area (Å²) < 4.78 is 5.62. The average molecular weight is 511 g/mol. The number of hydrogen-bond acceptors (Lipinski definition) is 4. The SMILES string of the molecule is CN=C(NCCCN1CCCCCC1)NCc1coc(-c2ccc(C)cc2)n1.I. The molecule has 0 bridgehead atoms. The van der Waals surface area contributed by atoms with Crippen molar-refractivity contribution in [1.29, 1.82) is 0 Å². The molecule has 2 aromatic rings. The highest BCUT2D eigenvalue weighted by Gasteiger charge is 2.09. The van der Waals surface area contributed by atoms with E-state index in [0.29, 0.717) is 12.4 Å². The molecule has 1 saturated heterocycles. The molecule has 0 aliphatic carbocycles. The molecule has 1 aliphatic heterocycles. The molecule has 0 amide bonds. The lowest BCUT2D eigenvalue weighted by Gasteiger charge is -2.20.